The van der Waals surface area contributed by atoms with Gasteiger partial charge in [-0.2, -0.15) is 4.98 Å². The Balaban J connectivity index is 1.79. The summed E-state index contributed by atoms with van der Waals surface area (Å²) in [6.45, 7) is 9.54. The molecule has 0 spiro atoms. The second-order valence-electron chi connectivity index (χ2n) is 10.4. The molecule has 0 aliphatic heterocycles. The van der Waals surface area contributed by atoms with Gasteiger partial charge in [-0.1, -0.05) is 24.8 Å². The van der Waals surface area contributed by atoms with Gasteiger partial charge in [0.05, 0.1) is 23.4 Å². The van der Waals surface area contributed by atoms with Crippen LogP contribution in [0, 0.1) is 23.5 Å². The summed E-state index contributed by atoms with van der Waals surface area (Å²) in [5, 5.41) is 19.7. The first-order valence-electron chi connectivity index (χ1n) is 13.2. The summed E-state index contributed by atoms with van der Waals surface area (Å²) in [5.41, 5.74) is 0.740. The lowest BCUT2D eigenvalue weighted by Gasteiger charge is -2.31. The van der Waals surface area contributed by atoms with Gasteiger partial charge in [-0.15, -0.1) is 0 Å². The number of carbonyl (C=O) groups excluding carboxylic acids is 1. The van der Waals surface area contributed by atoms with E-state index in [4.69, 9.17) is 4.74 Å². The number of aliphatic hydroxyl groups excluding tert-OH is 1. The number of hydrogen-bond donors (Lipinski definition) is 4. The normalized spacial score (nSPS) is 12.4. The Labute approximate surface area is 239 Å². The van der Waals surface area contributed by atoms with Crippen LogP contribution < -0.4 is 16.0 Å². The molecule has 1 amide bonds. The Morgan fingerprint density at radius 1 is 1.12 bits per heavy atom. The van der Waals surface area contributed by atoms with E-state index in [9.17, 15) is 18.7 Å². The lowest BCUT2D eigenvalue weighted by Crippen LogP contribution is -2.47. The number of nitrogens with one attached hydrogen (secondary N) is 3. The van der Waals surface area contributed by atoms with Crippen molar-refractivity contribution in [2.24, 2.45) is 0 Å². The largest absolute Gasteiger partial charge is 0.444 e. The summed E-state index contributed by atoms with van der Waals surface area (Å²) in [6, 6.07) is 9.44. The highest BCUT2D eigenvalue weighted by atomic mass is 19.1. The number of amides is 1. The number of carbonyl (C=O) groups is 1. The van der Waals surface area contributed by atoms with Crippen LogP contribution in [0.4, 0.5) is 36.7 Å². The predicted molar refractivity (Wildman–Crippen MR) is 156 cm³/mol. The molecule has 0 saturated heterocycles. The van der Waals surface area contributed by atoms with E-state index in [-0.39, 0.29) is 11.5 Å². The van der Waals surface area contributed by atoms with Crippen LogP contribution >= 0.6 is 0 Å². The van der Waals surface area contributed by atoms with Gasteiger partial charge < -0.3 is 30.7 Å². The minimum atomic E-state index is -1.17. The molecule has 1 unspecified atom stereocenters. The van der Waals surface area contributed by atoms with Gasteiger partial charge in [0.25, 0.3) is 0 Å². The van der Waals surface area contributed by atoms with Gasteiger partial charge in [0.15, 0.2) is 0 Å². The molecule has 3 rings (SSSR count). The smallest absolute Gasteiger partial charge is 0.410 e. The highest BCUT2D eigenvalue weighted by molar-refractivity contribution is 5.68. The molecule has 2 aromatic carbocycles. The number of likely N-dealkylation sites (N-methyl/N-ethyl adjacent to an activating group) is 1. The standard InChI is InChI=1S/C30H36F2N6O3/c1-7-15-33-26-21(18-34-28(37-26)36-23-10-8-9-22(31)17-23)12-11-20-16-24(13-14-25(20)32)35-27(39)19(2)38(6)29(40)41-30(3,4)5/h8-10,13-14,16-19,27,35,39H,7,15H2,1-6H3,(H2,33,34,36,37)/t19-,27?/m0/s1. The molecule has 41 heavy (non-hydrogen) atoms. The molecule has 4 N–H and O–H groups in total. The van der Waals surface area contributed by atoms with E-state index in [1.54, 1.807) is 39.8 Å². The summed E-state index contributed by atoms with van der Waals surface area (Å²) in [6.07, 6.45) is 0.575. The summed E-state index contributed by atoms with van der Waals surface area (Å²) in [7, 11) is 1.52. The lowest BCUT2D eigenvalue weighted by molar-refractivity contribution is 0.00962. The fraction of sp³-hybridized carbons (Fsp3) is 0.367. The molecule has 0 fully saturated rings. The molecule has 1 heterocycles. The number of rotatable bonds is 9. The molecule has 1 aromatic heterocycles. The molecule has 0 aliphatic rings. The average Bonchev–Trinajstić information content (AvgIpc) is 2.91. The van der Waals surface area contributed by atoms with Gasteiger partial charge in [0.2, 0.25) is 5.95 Å². The summed E-state index contributed by atoms with van der Waals surface area (Å²) in [5.74, 6) is 5.47. The first-order valence-corrected chi connectivity index (χ1v) is 13.2. The number of hydrogen-bond acceptors (Lipinski definition) is 8. The second kappa shape index (κ2) is 13.8. The van der Waals surface area contributed by atoms with E-state index in [1.165, 1.54) is 48.5 Å². The van der Waals surface area contributed by atoms with Crippen LogP contribution in [0.1, 0.15) is 52.2 Å². The number of aromatic nitrogens is 2. The van der Waals surface area contributed by atoms with Crippen LogP contribution in [0.2, 0.25) is 0 Å². The Kier molecular flexibility index (Phi) is 10.4. The van der Waals surface area contributed by atoms with E-state index in [0.29, 0.717) is 29.3 Å². The minimum absolute atomic E-state index is 0.0822. The van der Waals surface area contributed by atoms with Gasteiger partial charge in [0, 0.05) is 25.0 Å². The molecular formula is C30H36F2N6O3. The molecule has 0 bridgehead atoms. The minimum Gasteiger partial charge on any atom is -0.444 e. The number of benzene rings is 2. The van der Waals surface area contributed by atoms with E-state index >= 15 is 0 Å². The third-order valence-electron chi connectivity index (χ3n) is 5.77. The van der Waals surface area contributed by atoms with E-state index in [0.717, 1.165) is 6.42 Å². The van der Waals surface area contributed by atoms with E-state index in [2.05, 4.69) is 37.8 Å². The molecule has 0 aliphatic carbocycles. The van der Waals surface area contributed by atoms with Crippen LogP contribution in [-0.2, 0) is 4.74 Å². The van der Waals surface area contributed by atoms with Crippen molar-refractivity contribution < 1.29 is 23.4 Å². The van der Waals surface area contributed by atoms with Crippen LogP contribution in [-0.4, -0.2) is 57.5 Å². The zero-order valence-corrected chi connectivity index (χ0v) is 24.0. The maximum Gasteiger partial charge on any atom is 0.410 e. The average molecular weight is 567 g/mol. The van der Waals surface area contributed by atoms with Crippen LogP contribution in [0.25, 0.3) is 0 Å². The summed E-state index contributed by atoms with van der Waals surface area (Å²) < 4.78 is 33.6. The van der Waals surface area contributed by atoms with Gasteiger partial charge in [-0.05, 0) is 70.5 Å². The molecule has 2 atom stereocenters. The maximum absolute atomic E-state index is 14.7. The fourth-order valence-corrected chi connectivity index (χ4v) is 3.46. The lowest BCUT2D eigenvalue weighted by atomic mass is 10.1. The summed E-state index contributed by atoms with van der Waals surface area (Å²) in [4.78, 5) is 22.4. The monoisotopic (exact) mass is 566 g/mol. The van der Waals surface area contributed by atoms with Crippen molar-refractivity contribution >= 4 is 29.2 Å². The Hall–Kier alpha value is -4.43. The molecule has 11 heteroatoms. The Morgan fingerprint density at radius 2 is 1.85 bits per heavy atom. The van der Waals surface area contributed by atoms with E-state index in [1.807, 2.05) is 6.92 Å². The van der Waals surface area contributed by atoms with Crippen molar-refractivity contribution in [3.8, 4) is 11.8 Å². The Bertz CT molecular complexity index is 1420. The highest BCUT2D eigenvalue weighted by Crippen LogP contribution is 2.20. The zero-order valence-electron chi connectivity index (χ0n) is 24.0. The fourth-order valence-electron chi connectivity index (χ4n) is 3.46. The quantitative estimate of drug-likeness (QED) is 0.193. The third kappa shape index (κ3) is 9.32. The molecule has 0 saturated carbocycles. The van der Waals surface area contributed by atoms with Gasteiger partial charge in [0.1, 0.15) is 29.3 Å². The van der Waals surface area contributed by atoms with Crippen LogP contribution in [0.15, 0.2) is 48.7 Å². The van der Waals surface area contributed by atoms with Crippen molar-refractivity contribution in [3.05, 3.63) is 71.4 Å². The van der Waals surface area contributed by atoms with Gasteiger partial charge in [-0.25, -0.2) is 18.6 Å². The van der Waals surface area contributed by atoms with Crippen molar-refractivity contribution in [2.75, 3.05) is 29.5 Å². The molecule has 9 nitrogen and oxygen atoms in total. The summed E-state index contributed by atoms with van der Waals surface area (Å²) >= 11 is 0. The molecule has 0 radical (unpaired) electrons. The van der Waals surface area contributed by atoms with Gasteiger partial charge in [-0.3, -0.25) is 0 Å². The second-order valence-corrected chi connectivity index (χ2v) is 10.4. The van der Waals surface area contributed by atoms with Crippen LogP contribution in [0.5, 0.6) is 0 Å². The number of anilines is 4. The van der Waals surface area contributed by atoms with Crippen molar-refractivity contribution in [1.29, 1.82) is 0 Å². The number of aliphatic hydroxyl groups is 1. The topological polar surface area (TPSA) is 112 Å². The number of nitrogens with zero attached hydrogens (tertiary/aromatic N) is 3. The third-order valence-corrected chi connectivity index (χ3v) is 5.77. The van der Waals surface area contributed by atoms with Gasteiger partial charge >= 0.3 is 6.09 Å². The predicted octanol–water partition coefficient (Wildman–Crippen LogP) is 5.71. The van der Waals surface area contributed by atoms with Crippen molar-refractivity contribution in [3.63, 3.8) is 0 Å². The first kappa shape index (κ1) is 31.1. The molecule has 3 aromatic rings. The number of halogens is 2. The van der Waals surface area contributed by atoms with Crippen molar-refractivity contribution in [1.82, 2.24) is 14.9 Å². The Morgan fingerprint density at radius 3 is 2.54 bits per heavy atom. The highest BCUT2D eigenvalue weighted by Gasteiger charge is 2.27. The SMILES string of the molecule is CCCNc1nc(Nc2cccc(F)c2)ncc1C#Cc1cc(NC(O)[C@H](C)N(C)C(=O)OC(C)(C)C)ccc1F. The maximum atomic E-state index is 14.7. The van der Waals surface area contributed by atoms with E-state index < -0.39 is 35.6 Å². The zero-order chi connectivity index (χ0) is 30.2. The first-order chi connectivity index (χ1) is 19.4. The number of ether oxygens (including phenoxy) is 1. The molecule has 218 valence electrons. The molecular weight excluding hydrogens is 530 g/mol. The van der Waals surface area contributed by atoms with Crippen LogP contribution in [0.3, 0.4) is 0 Å². The van der Waals surface area contributed by atoms with Crippen molar-refractivity contribution in [2.45, 2.75) is 58.9 Å².